The van der Waals surface area contributed by atoms with E-state index in [9.17, 15) is 0 Å². The van der Waals surface area contributed by atoms with Gasteiger partial charge in [0.1, 0.15) is 0 Å². The molecule has 0 atom stereocenters. The van der Waals surface area contributed by atoms with Gasteiger partial charge in [0.15, 0.2) is 0 Å². The molecule has 2 aromatic rings. The van der Waals surface area contributed by atoms with Crippen molar-refractivity contribution in [3.8, 4) is 0 Å². The Morgan fingerprint density at radius 2 is 1.16 bits per heavy atom. The highest BCUT2D eigenvalue weighted by atomic mass is 31.1. The largest absolute Gasteiger partial charge is 0.0885 e. The molecule has 0 unspecified atom stereocenters. The van der Waals surface area contributed by atoms with E-state index in [1.54, 1.807) is 0 Å². The van der Waals surface area contributed by atoms with Crippen molar-refractivity contribution < 1.29 is 0 Å². The molecule has 0 heterocycles. The number of unbranched alkanes of at least 4 members (excludes halogenated alkanes) is 6. The van der Waals surface area contributed by atoms with Gasteiger partial charge in [-0.1, -0.05) is 105 Å². The van der Waals surface area contributed by atoms with E-state index in [1.165, 1.54) is 68.1 Å². The van der Waals surface area contributed by atoms with Gasteiger partial charge in [0.2, 0.25) is 0 Å². The van der Waals surface area contributed by atoms with Gasteiger partial charge in [-0.25, -0.2) is 0 Å². The third-order valence-electron chi connectivity index (χ3n) is 4.53. The van der Waals surface area contributed by atoms with Crippen LogP contribution in [0.4, 0.5) is 0 Å². The zero-order chi connectivity index (χ0) is 17.6. The Kier molecular flexibility index (Phi) is 10.3. The van der Waals surface area contributed by atoms with Crippen molar-refractivity contribution in [1.82, 2.24) is 0 Å². The van der Waals surface area contributed by atoms with Crippen LogP contribution in [0.25, 0.3) is 0 Å². The molecule has 0 saturated carbocycles. The lowest BCUT2D eigenvalue weighted by atomic mass is 10.1. The summed E-state index contributed by atoms with van der Waals surface area (Å²) in [5.74, 6) is 0. The summed E-state index contributed by atoms with van der Waals surface area (Å²) in [6, 6.07) is 22.1. The zero-order valence-corrected chi connectivity index (χ0v) is 16.6. The topological polar surface area (TPSA) is 0 Å². The molecule has 1 heteroatoms. The minimum atomic E-state index is -0.219. The smallest absolute Gasteiger partial charge is 0.0195 e. The van der Waals surface area contributed by atoms with Crippen LogP contribution in [0.3, 0.4) is 0 Å². The molecule has 2 rings (SSSR count). The monoisotopic (exact) mass is 352 g/mol. The lowest BCUT2D eigenvalue weighted by Gasteiger charge is -2.18. The molecule has 0 aliphatic heterocycles. The first-order chi connectivity index (χ1) is 12.4. The molecule has 0 amide bonds. The normalized spacial score (nSPS) is 11.4. The van der Waals surface area contributed by atoms with Crippen LogP contribution in [-0.2, 0) is 0 Å². The Labute approximate surface area is 156 Å². The predicted molar refractivity (Wildman–Crippen MR) is 116 cm³/mol. The summed E-state index contributed by atoms with van der Waals surface area (Å²) in [6.45, 7) is 2.28. The maximum Gasteiger partial charge on any atom is -0.0195 e. The Bertz CT molecular complexity index is 534. The van der Waals surface area contributed by atoms with Gasteiger partial charge in [-0.3, -0.25) is 0 Å². The third-order valence-corrected chi connectivity index (χ3v) is 7.14. The molecule has 0 N–H and O–H groups in total. The summed E-state index contributed by atoms with van der Waals surface area (Å²) in [5.41, 5.74) is 0. The quantitative estimate of drug-likeness (QED) is 0.223. The summed E-state index contributed by atoms with van der Waals surface area (Å²) in [4.78, 5) is 0. The minimum Gasteiger partial charge on any atom is -0.0885 e. The van der Waals surface area contributed by atoms with Crippen LogP contribution in [0.2, 0.25) is 0 Å². The van der Waals surface area contributed by atoms with Crippen molar-refractivity contribution in [2.24, 2.45) is 0 Å². The van der Waals surface area contributed by atoms with Crippen LogP contribution < -0.4 is 10.6 Å². The molecule has 0 aromatic heterocycles. The molecule has 0 fully saturated rings. The van der Waals surface area contributed by atoms with Crippen molar-refractivity contribution in [2.75, 3.05) is 6.16 Å². The van der Waals surface area contributed by atoms with Crippen LogP contribution in [0, 0.1) is 0 Å². The highest BCUT2D eigenvalue weighted by Gasteiger charge is 2.12. The fourth-order valence-corrected chi connectivity index (χ4v) is 5.47. The summed E-state index contributed by atoms with van der Waals surface area (Å²) in [7, 11) is -0.219. The standard InChI is InChI=1S/C24H33P/c1-2-3-4-5-6-7-8-9-10-17-22-25(23-18-13-11-14-19-23)24-20-15-12-16-21-24/h8-9,11-16,18-21H,2-7,10,17,22H2,1H3/b9-8+. The zero-order valence-electron chi connectivity index (χ0n) is 15.7. The molecular weight excluding hydrogens is 319 g/mol. The Hall–Kier alpha value is -1.39. The first-order valence-electron chi connectivity index (χ1n) is 9.94. The van der Waals surface area contributed by atoms with E-state index in [1.807, 2.05) is 0 Å². The average molecular weight is 353 g/mol. The van der Waals surface area contributed by atoms with Gasteiger partial charge in [-0.05, 0) is 50.4 Å². The Balaban J connectivity index is 1.75. The van der Waals surface area contributed by atoms with E-state index in [2.05, 4.69) is 79.7 Å². The van der Waals surface area contributed by atoms with Gasteiger partial charge in [0, 0.05) is 0 Å². The van der Waals surface area contributed by atoms with Gasteiger partial charge in [-0.2, -0.15) is 0 Å². The van der Waals surface area contributed by atoms with E-state index in [4.69, 9.17) is 0 Å². The second kappa shape index (κ2) is 12.9. The average Bonchev–Trinajstić information content (AvgIpc) is 2.67. The maximum atomic E-state index is 2.41. The molecule has 0 aliphatic carbocycles. The summed E-state index contributed by atoms with van der Waals surface area (Å²) < 4.78 is 0. The van der Waals surface area contributed by atoms with Gasteiger partial charge in [0.25, 0.3) is 0 Å². The summed E-state index contributed by atoms with van der Waals surface area (Å²) >= 11 is 0. The van der Waals surface area contributed by atoms with E-state index in [0.29, 0.717) is 0 Å². The van der Waals surface area contributed by atoms with E-state index >= 15 is 0 Å². The summed E-state index contributed by atoms with van der Waals surface area (Å²) in [5, 5.41) is 3.01. The fourth-order valence-electron chi connectivity index (χ4n) is 3.09. The number of hydrogen-bond acceptors (Lipinski definition) is 0. The van der Waals surface area contributed by atoms with Gasteiger partial charge in [-0.15, -0.1) is 0 Å². The molecule has 0 radical (unpaired) electrons. The van der Waals surface area contributed by atoms with Crippen molar-refractivity contribution in [3.05, 3.63) is 72.8 Å². The van der Waals surface area contributed by atoms with Gasteiger partial charge in [0.05, 0.1) is 0 Å². The molecule has 0 aliphatic rings. The van der Waals surface area contributed by atoms with Crippen molar-refractivity contribution in [2.45, 2.75) is 58.3 Å². The molecule has 2 aromatic carbocycles. The third kappa shape index (κ3) is 8.02. The molecule has 0 spiro atoms. The minimum absolute atomic E-state index is 0.219. The predicted octanol–water partition coefficient (Wildman–Crippen LogP) is 6.82. The SMILES string of the molecule is CCCCCCC/C=C/CCCP(c1ccccc1)c1ccccc1. The Morgan fingerprint density at radius 1 is 0.640 bits per heavy atom. The summed E-state index contributed by atoms with van der Waals surface area (Å²) in [6.07, 6.45) is 16.7. The highest BCUT2D eigenvalue weighted by Crippen LogP contribution is 2.34. The van der Waals surface area contributed by atoms with Gasteiger partial charge >= 0.3 is 0 Å². The van der Waals surface area contributed by atoms with Crippen molar-refractivity contribution >= 4 is 18.5 Å². The fraction of sp³-hybridized carbons (Fsp3) is 0.417. The molecule has 25 heavy (non-hydrogen) atoms. The maximum absolute atomic E-state index is 2.41. The van der Waals surface area contributed by atoms with Crippen LogP contribution in [0.15, 0.2) is 72.8 Å². The number of allylic oxidation sites excluding steroid dienone is 2. The van der Waals surface area contributed by atoms with E-state index < -0.39 is 0 Å². The van der Waals surface area contributed by atoms with Crippen molar-refractivity contribution in [1.29, 1.82) is 0 Å². The highest BCUT2D eigenvalue weighted by molar-refractivity contribution is 7.73. The first-order valence-corrected chi connectivity index (χ1v) is 11.5. The van der Waals surface area contributed by atoms with Crippen LogP contribution in [-0.4, -0.2) is 6.16 Å². The van der Waals surface area contributed by atoms with Gasteiger partial charge < -0.3 is 0 Å². The molecule has 0 saturated heterocycles. The second-order valence-electron chi connectivity index (χ2n) is 6.64. The van der Waals surface area contributed by atoms with E-state index in [0.717, 1.165) is 0 Å². The first kappa shape index (κ1) is 19.9. The molecule has 134 valence electrons. The molecular formula is C24H33P. The number of benzene rings is 2. The second-order valence-corrected chi connectivity index (χ2v) is 8.98. The van der Waals surface area contributed by atoms with Crippen molar-refractivity contribution in [3.63, 3.8) is 0 Å². The lowest BCUT2D eigenvalue weighted by Crippen LogP contribution is -2.13. The number of hydrogen-bond donors (Lipinski definition) is 0. The number of rotatable bonds is 12. The van der Waals surface area contributed by atoms with Crippen LogP contribution >= 0.6 is 7.92 Å². The van der Waals surface area contributed by atoms with E-state index in [-0.39, 0.29) is 7.92 Å². The molecule has 0 nitrogen and oxygen atoms in total. The lowest BCUT2D eigenvalue weighted by molar-refractivity contribution is 0.637. The van der Waals surface area contributed by atoms with Crippen LogP contribution in [0.5, 0.6) is 0 Å². The molecule has 0 bridgehead atoms. The van der Waals surface area contributed by atoms with Crippen LogP contribution in [0.1, 0.15) is 58.3 Å². The Morgan fingerprint density at radius 3 is 1.72 bits per heavy atom.